The number of likely N-dealkylation sites (tertiary alicyclic amines) is 2. The number of benzene rings is 2. The number of H-pyrrole nitrogens is 2. The van der Waals surface area contributed by atoms with Gasteiger partial charge in [0.05, 0.1) is 42.1 Å². The molecule has 8 atom stereocenters. The molecule has 0 spiro atoms. The average molecular weight is 801 g/mol. The zero-order chi connectivity index (χ0) is 41.3. The van der Waals surface area contributed by atoms with Crippen LogP contribution in [0.25, 0.3) is 44.8 Å². The highest BCUT2D eigenvalue weighted by molar-refractivity contribution is 5.88. The van der Waals surface area contributed by atoms with Crippen molar-refractivity contribution in [3.63, 3.8) is 0 Å². The summed E-state index contributed by atoms with van der Waals surface area (Å²) in [7, 11) is 1.30. The molecule has 9 rings (SSSR count). The molecule has 5 aromatic rings. The molecule has 5 heterocycles. The van der Waals surface area contributed by atoms with Crippen molar-refractivity contribution in [1.29, 1.82) is 0 Å². The summed E-state index contributed by atoms with van der Waals surface area (Å²) in [5.41, 5.74) is 6.38. The second-order valence-electron chi connectivity index (χ2n) is 17.0. The van der Waals surface area contributed by atoms with E-state index in [0.29, 0.717) is 34.6 Å². The van der Waals surface area contributed by atoms with E-state index in [9.17, 15) is 24.3 Å². The van der Waals surface area contributed by atoms with Crippen LogP contribution >= 0.6 is 0 Å². The Morgan fingerprint density at radius 1 is 0.695 bits per heavy atom. The summed E-state index contributed by atoms with van der Waals surface area (Å²) in [4.78, 5) is 80.7. The Morgan fingerprint density at radius 2 is 1.24 bits per heavy atom. The number of carbonyl (C=O) groups excluding carboxylic acids is 3. The van der Waals surface area contributed by atoms with Crippen LogP contribution in [0.4, 0.5) is 9.59 Å². The third kappa shape index (κ3) is 7.14. The van der Waals surface area contributed by atoms with E-state index in [2.05, 4.69) is 20.6 Å². The molecule has 59 heavy (non-hydrogen) atoms. The van der Waals surface area contributed by atoms with Gasteiger partial charge in [-0.3, -0.25) is 14.6 Å². The number of alkyl carbamates (subject to hydrolysis) is 1. The van der Waals surface area contributed by atoms with Gasteiger partial charge in [-0.05, 0) is 72.6 Å². The second kappa shape index (κ2) is 14.8. The van der Waals surface area contributed by atoms with E-state index in [4.69, 9.17) is 24.7 Å². The van der Waals surface area contributed by atoms with Crippen LogP contribution in [0.5, 0.6) is 0 Å². The lowest BCUT2D eigenvalue weighted by Gasteiger charge is -2.31. The van der Waals surface area contributed by atoms with Crippen LogP contribution in [0.2, 0.25) is 0 Å². The molecule has 4 amide bonds. The summed E-state index contributed by atoms with van der Waals surface area (Å²) >= 11 is 0. The Morgan fingerprint density at radius 3 is 1.81 bits per heavy atom. The fourth-order valence-electron chi connectivity index (χ4n) is 9.14. The van der Waals surface area contributed by atoms with E-state index in [1.807, 2.05) is 86.2 Å². The number of aromatic nitrogens is 6. The maximum absolute atomic E-state index is 13.8. The van der Waals surface area contributed by atoms with Crippen molar-refractivity contribution in [3.8, 4) is 33.8 Å². The summed E-state index contributed by atoms with van der Waals surface area (Å²) in [6.45, 7) is 7.50. The van der Waals surface area contributed by atoms with Gasteiger partial charge in [-0.15, -0.1) is 0 Å². The third-order valence-electron chi connectivity index (χ3n) is 12.5. The molecule has 2 aromatic carbocycles. The topological polar surface area (TPSA) is 211 Å². The highest BCUT2D eigenvalue weighted by Gasteiger charge is 2.57. The van der Waals surface area contributed by atoms with E-state index in [-0.39, 0.29) is 47.8 Å². The van der Waals surface area contributed by atoms with Crippen LogP contribution in [0.1, 0.15) is 77.1 Å². The number of carbonyl (C=O) groups is 4. The van der Waals surface area contributed by atoms with Crippen LogP contribution in [-0.2, 0) is 14.3 Å². The molecular weight excluding hydrogens is 753 g/mol. The Balaban J connectivity index is 0.883. The Labute approximate surface area is 340 Å². The number of methoxy groups -OCH3 is 1. The van der Waals surface area contributed by atoms with E-state index in [1.165, 1.54) is 7.11 Å². The first-order valence-electron chi connectivity index (χ1n) is 20.3. The van der Waals surface area contributed by atoms with E-state index in [0.717, 1.165) is 59.4 Å². The lowest BCUT2D eigenvalue weighted by atomic mass is 10.0. The minimum atomic E-state index is -1.21. The lowest BCUT2D eigenvalue weighted by molar-refractivity contribution is -0.137. The molecule has 2 saturated heterocycles. The molecule has 3 aromatic heterocycles. The Bertz CT molecular complexity index is 2440. The minimum absolute atomic E-state index is 0.0989. The number of nitrogens with zero attached hydrogens (tertiary/aromatic N) is 6. The molecule has 4 fully saturated rings. The van der Waals surface area contributed by atoms with Crippen molar-refractivity contribution < 1.29 is 29.0 Å². The molecule has 5 N–H and O–H groups in total. The number of amides is 4. The van der Waals surface area contributed by atoms with Crippen LogP contribution in [0, 0.1) is 23.7 Å². The average Bonchev–Trinajstić information content (AvgIpc) is 3.81. The van der Waals surface area contributed by atoms with Gasteiger partial charge >= 0.3 is 12.2 Å². The van der Waals surface area contributed by atoms with Gasteiger partial charge in [0, 0.05) is 30.0 Å². The summed E-state index contributed by atoms with van der Waals surface area (Å²) in [5.74, 6) is 1.58. The lowest BCUT2D eigenvalue weighted by Crippen LogP contribution is -2.52. The van der Waals surface area contributed by atoms with Gasteiger partial charge in [-0.25, -0.2) is 24.5 Å². The smallest absolute Gasteiger partial charge is 0.407 e. The second-order valence-corrected chi connectivity index (χ2v) is 17.0. The fourth-order valence-corrected chi connectivity index (χ4v) is 9.14. The van der Waals surface area contributed by atoms with Crippen LogP contribution in [0.15, 0.2) is 61.1 Å². The first-order valence-corrected chi connectivity index (χ1v) is 20.3. The van der Waals surface area contributed by atoms with Gasteiger partial charge in [0.15, 0.2) is 0 Å². The molecule has 2 aliphatic heterocycles. The summed E-state index contributed by atoms with van der Waals surface area (Å²) in [6.07, 6.45) is 7.02. The third-order valence-corrected chi connectivity index (χ3v) is 12.5. The van der Waals surface area contributed by atoms with Crippen molar-refractivity contribution >= 4 is 35.0 Å². The molecule has 0 bridgehead atoms. The molecule has 306 valence electrons. The fraction of sp³-hybridized carbons (Fsp3) is 0.442. The quantitative estimate of drug-likeness (QED) is 0.104. The van der Waals surface area contributed by atoms with Gasteiger partial charge in [0.1, 0.15) is 35.1 Å². The predicted molar refractivity (Wildman–Crippen MR) is 216 cm³/mol. The highest BCUT2D eigenvalue weighted by Crippen LogP contribution is 2.54. The maximum atomic E-state index is 13.8. The SMILES string of the molecule is COC(=O)N[C@H](C(=O)N1[C@@H]2C[C@@H]2C[C@H]1c1nc(-c2ccc(-c3ccc4nc(-c5c[nH]c([C@@H]6C[C@H]7C[C@H]7N6C(=O)[C@@H](NC(=O)O)C(C)C)n5)cnc4c3)cc2)c[nH]1)C(C)C. The first kappa shape index (κ1) is 38.2. The zero-order valence-corrected chi connectivity index (χ0v) is 33.5. The zero-order valence-electron chi connectivity index (χ0n) is 33.5. The molecule has 0 radical (unpaired) electrons. The Kier molecular flexibility index (Phi) is 9.59. The van der Waals surface area contributed by atoms with Gasteiger partial charge in [-0.2, -0.15) is 0 Å². The standard InChI is InChI=1S/C43H48N10O6/c1-20(2)36(50-42(56)57)40(54)52-32-13-26(32)16-35(52)39-46-19-31(49-39)30-18-44-28-12-24(10-11-27(28)47-30)22-6-8-23(9-7-22)29-17-45-38(48-29)34-15-25-14-33(25)53(34)41(55)37(21(3)4)51-43(58)59-5/h6-12,17-21,25-26,32-37,50H,13-16H2,1-5H3,(H,45,48)(H,46,49)(H,51,58)(H,56,57)/t25-,26-,32-,33-,34+,35+,36+,37+/m1/s1. The molecule has 2 aliphatic carbocycles. The van der Waals surface area contributed by atoms with E-state index in [1.54, 1.807) is 12.4 Å². The number of nitrogens with one attached hydrogen (secondary N) is 4. The summed E-state index contributed by atoms with van der Waals surface area (Å²) in [5, 5.41) is 14.5. The van der Waals surface area contributed by atoms with Crippen molar-refractivity contribution in [2.24, 2.45) is 23.7 Å². The predicted octanol–water partition coefficient (Wildman–Crippen LogP) is 6.07. The molecule has 4 aliphatic rings. The number of hydrogen-bond acceptors (Lipinski definition) is 9. The Hall–Kier alpha value is -6.32. The molecule has 16 heteroatoms. The minimum Gasteiger partial charge on any atom is -0.465 e. The number of hydrogen-bond donors (Lipinski definition) is 5. The summed E-state index contributed by atoms with van der Waals surface area (Å²) < 4.78 is 4.79. The largest absolute Gasteiger partial charge is 0.465 e. The van der Waals surface area contributed by atoms with Gasteiger partial charge < -0.3 is 40.2 Å². The maximum Gasteiger partial charge on any atom is 0.407 e. The van der Waals surface area contributed by atoms with Crippen molar-refractivity contribution in [2.45, 2.75) is 89.6 Å². The van der Waals surface area contributed by atoms with Crippen molar-refractivity contribution in [3.05, 3.63) is 72.7 Å². The van der Waals surface area contributed by atoms with Crippen LogP contribution < -0.4 is 10.6 Å². The molecule has 2 saturated carbocycles. The normalized spacial score (nSPS) is 23.8. The van der Waals surface area contributed by atoms with Gasteiger partial charge in [0.25, 0.3) is 0 Å². The number of piperidine rings is 2. The van der Waals surface area contributed by atoms with E-state index >= 15 is 0 Å². The number of imidazole rings is 2. The van der Waals surface area contributed by atoms with Gasteiger partial charge in [-0.1, -0.05) is 58.0 Å². The monoisotopic (exact) mass is 800 g/mol. The number of ether oxygens (including phenoxy) is 1. The molecular formula is C43H48N10O6. The van der Waals surface area contributed by atoms with Crippen LogP contribution in [0.3, 0.4) is 0 Å². The number of carboxylic acid groups (broad SMARTS) is 1. The van der Waals surface area contributed by atoms with Crippen molar-refractivity contribution in [2.75, 3.05) is 7.11 Å². The van der Waals surface area contributed by atoms with Crippen LogP contribution in [-0.4, -0.2) is 100 Å². The summed E-state index contributed by atoms with van der Waals surface area (Å²) in [6, 6.07) is 12.4. The number of aromatic amines is 2. The van der Waals surface area contributed by atoms with Gasteiger partial charge in [0.2, 0.25) is 11.8 Å². The number of fused-ring (bicyclic) bond motifs is 3. The first-order chi connectivity index (χ1) is 28.4. The highest BCUT2D eigenvalue weighted by atomic mass is 16.5. The van der Waals surface area contributed by atoms with Crippen molar-refractivity contribution in [1.82, 2.24) is 50.3 Å². The molecule has 16 nitrogen and oxygen atoms in total. The molecule has 0 unspecified atom stereocenters. The van der Waals surface area contributed by atoms with E-state index < -0.39 is 24.3 Å². The number of rotatable bonds is 11.